The molecule has 1 aromatic carbocycles. The molecule has 1 aliphatic rings. The van der Waals surface area contributed by atoms with Gasteiger partial charge in [0, 0.05) is 25.7 Å². The summed E-state index contributed by atoms with van der Waals surface area (Å²) in [6.45, 7) is 4.48. The third-order valence-corrected chi connectivity index (χ3v) is 3.67. The Hall–Kier alpha value is -1.55. The number of amides is 1. The summed E-state index contributed by atoms with van der Waals surface area (Å²) in [5.41, 5.74) is 0.400. The molecule has 0 bridgehead atoms. The van der Waals surface area contributed by atoms with Crippen molar-refractivity contribution in [1.29, 1.82) is 0 Å². The summed E-state index contributed by atoms with van der Waals surface area (Å²) in [6, 6.07) is 7.15. The number of phenolic OH excluding ortho intramolecular Hbond substituents is 1. The molecular formula is C14H20N2O2. The van der Waals surface area contributed by atoms with Gasteiger partial charge < -0.3 is 10.0 Å². The van der Waals surface area contributed by atoms with Gasteiger partial charge in [0.25, 0.3) is 5.91 Å². The highest BCUT2D eigenvalue weighted by Gasteiger charge is 2.27. The first-order valence-electron chi connectivity index (χ1n) is 6.41. The van der Waals surface area contributed by atoms with E-state index in [1.807, 2.05) is 4.90 Å². The van der Waals surface area contributed by atoms with E-state index in [-0.39, 0.29) is 11.7 Å². The third-order valence-electron chi connectivity index (χ3n) is 3.67. The average molecular weight is 248 g/mol. The monoisotopic (exact) mass is 248 g/mol. The first-order valence-corrected chi connectivity index (χ1v) is 6.41. The molecule has 1 N–H and O–H groups in total. The van der Waals surface area contributed by atoms with Crippen LogP contribution in [0.2, 0.25) is 0 Å². The molecule has 1 atom stereocenters. The smallest absolute Gasteiger partial charge is 0.257 e. The first kappa shape index (κ1) is 12.9. The molecule has 4 heteroatoms. The van der Waals surface area contributed by atoms with Crippen molar-refractivity contribution in [3.8, 4) is 5.75 Å². The molecule has 1 aliphatic heterocycles. The van der Waals surface area contributed by atoms with E-state index in [0.29, 0.717) is 11.6 Å². The van der Waals surface area contributed by atoms with Crippen LogP contribution in [0.25, 0.3) is 0 Å². The van der Waals surface area contributed by atoms with Crippen molar-refractivity contribution in [3.63, 3.8) is 0 Å². The summed E-state index contributed by atoms with van der Waals surface area (Å²) < 4.78 is 0. The quantitative estimate of drug-likeness (QED) is 0.863. The molecule has 1 fully saturated rings. The maximum atomic E-state index is 12.3. The van der Waals surface area contributed by atoms with E-state index < -0.39 is 0 Å². The SMILES string of the molecule is CCC1CN(C(=O)c2ccccc2O)CCN1C. The lowest BCUT2D eigenvalue weighted by Gasteiger charge is -2.39. The molecule has 0 radical (unpaired) electrons. The molecule has 1 heterocycles. The number of nitrogens with zero attached hydrogens (tertiary/aromatic N) is 2. The Morgan fingerprint density at radius 3 is 2.78 bits per heavy atom. The predicted octanol–water partition coefficient (Wildman–Crippen LogP) is 1.56. The highest BCUT2D eigenvalue weighted by Crippen LogP contribution is 2.20. The van der Waals surface area contributed by atoms with Crippen molar-refractivity contribution in [2.45, 2.75) is 19.4 Å². The molecular weight excluding hydrogens is 228 g/mol. The summed E-state index contributed by atoms with van der Waals surface area (Å²) in [4.78, 5) is 16.5. The molecule has 4 nitrogen and oxygen atoms in total. The minimum atomic E-state index is -0.0698. The summed E-state index contributed by atoms with van der Waals surface area (Å²) in [7, 11) is 2.09. The molecule has 18 heavy (non-hydrogen) atoms. The van der Waals surface area contributed by atoms with Gasteiger partial charge >= 0.3 is 0 Å². The van der Waals surface area contributed by atoms with Gasteiger partial charge in [-0.2, -0.15) is 0 Å². The van der Waals surface area contributed by atoms with E-state index in [0.717, 1.165) is 26.1 Å². The van der Waals surface area contributed by atoms with Crippen LogP contribution in [0.15, 0.2) is 24.3 Å². The number of rotatable bonds is 2. The molecule has 0 spiro atoms. The lowest BCUT2D eigenvalue weighted by Crippen LogP contribution is -2.52. The molecule has 1 aromatic rings. The third kappa shape index (κ3) is 2.48. The zero-order valence-corrected chi connectivity index (χ0v) is 11.0. The number of hydrogen-bond acceptors (Lipinski definition) is 3. The summed E-state index contributed by atoms with van der Waals surface area (Å²) in [5.74, 6) is -0.00544. The Morgan fingerprint density at radius 2 is 2.11 bits per heavy atom. The number of benzene rings is 1. The normalized spacial score (nSPS) is 21.0. The van der Waals surface area contributed by atoms with E-state index in [4.69, 9.17) is 0 Å². The number of piperazine rings is 1. The Labute approximate surface area is 108 Å². The van der Waals surface area contributed by atoms with Crippen LogP contribution in [-0.2, 0) is 0 Å². The van der Waals surface area contributed by atoms with E-state index in [1.165, 1.54) is 0 Å². The second-order valence-corrected chi connectivity index (χ2v) is 4.81. The zero-order chi connectivity index (χ0) is 13.1. The first-order chi connectivity index (χ1) is 8.63. The van der Waals surface area contributed by atoms with Gasteiger partial charge in [0.2, 0.25) is 0 Å². The molecule has 1 amide bonds. The van der Waals surface area contributed by atoms with E-state index in [2.05, 4.69) is 18.9 Å². The Bertz CT molecular complexity index is 434. The van der Waals surface area contributed by atoms with Gasteiger partial charge in [0.1, 0.15) is 5.75 Å². The van der Waals surface area contributed by atoms with E-state index in [9.17, 15) is 9.90 Å². The van der Waals surface area contributed by atoms with Crippen molar-refractivity contribution in [1.82, 2.24) is 9.80 Å². The lowest BCUT2D eigenvalue weighted by atomic mass is 10.1. The fourth-order valence-corrected chi connectivity index (χ4v) is 2.40. The van der Waals surface area contributed by atoms with Crippen LogP contribution in [-0.4, -0.2) is 53.5 Å². The number of hydrogen-bond donors (Lipinski definition) is 1. The number of phenols is 1. The van der Waals surface area contributed by atoms with E-state index >= 15 is 0 Å². The molecule has 2 rings (SSSR count). The van der Waals surface area contributed by atoms with Crippen LogP contribution in [0, 0.1) is 0 Å². The van der Waals surface area contributed by atoms with Gasteiger partial charge in [0.05, 0.1) is 5.56 Å². The zero-order valence-electron chi connectivity index (χ0n) is 11.0. The molecule has 0 aromatic heterocycles. The van der Waals surface area contributed by atoms with Gasteiger partial charge in [-0.05, 0) is 25.6 Å². The van der Waals surface area contributed by atoms with Crippen LogP contribution < -0.4 is 0 Å². The standard InChI is InChI=1S/C14H20N2O2/c1-3-11-10-16(9-8-15(11)2)14(18)12-6-4-5-7-13(12)17/h4-7,11,17H,3,8-10H2,1-2H3. The van der Waals surface area contributed by atoms with Crippen molar-refractivity contribution in [2.24, 2.45) is 0 Å². The molecule has 98 valence electrons. The number of aromatic hydroxyl groups is 1. The van der Waals surface area contributed by atoms with Crippen molar-refractivity contribution in [2.75, 3.05) is 26.7 Å². The van der Waals surface area contributed by atoms with E-state index in [1.54, 1.807) is 24.3 Å². The Morgan fingerprint density at radius 1 is 1.39 bits per heavy atom. The summed E-state index contributed by atoms with van der Waals surface area (Å²) >= 11 is 0. The minimum absolute atomic E-state index is 0.0643. The second kappa shape index (κ2) is 5.40. The summed E-state index contributed by atoms with van der Waals surface area (Å²) in [5, 5.41) is 9.73. The Kier molecular flexibility index (Phi) is 3.87. The Balaban J connectivity index is 2.13. The second-order valence-electron chi connectivity index (χ2n) is 4.81. The van der Waals surface area contributed by atoms with Gasteiger partial charge in [-0.25, -0.2) is 0 Å². The molecule has 0 aliphatic carbocycles. The van der Waals surface area contributed by atoms with Crippen molar-refractivity contribution in [3.05, 3.63) is 29.8 Å². The number of likely N-dealkylation sites (N-methyl/N-ethyl adjacent to an activating group) is 1. The van der Waals surface area contributed by atoms with Gasteiger partial charge in [0.15, 0.2) is 0 Å². The highest BCUT2D eigenvalue weighted by molar-refractivity contribution is 5.96. The van der Waals surface area contributed by atoms with Gasteiger partial charge in [-0.15, -0.1) is 0 Å². The maximum Gasteiger partial charge on any atom is 0.257 e. The molecule has 1 unspecified atom stereocenters. The van der Waals surface area contributed by atoms with Crippen LogP contribution in [0.4, 0.5) is 0 Å². The van der Waals surface area contributed by atoms with Crippen LogP contribution in [0.5, 0.6) is 5.75 Å². The largest absolute Gasteiger partial charge is 0.507 e. The maximum absolute atomic E-state index is 12.3. The minimum Gasteiger partial charge on any atom is -0.507 e. The number of carbonyl (C=O) groups is 1. The number of carbonyl (C=O) groups excluding carboxylic acids is 1. The summed E-state index contributed by atoms with van der Waals surface area (Å²) in [6.07, 6.45) is 1.03. The topological polar surface area (TPSA) is 43.8 Å². The van der Waals surface area contributed by atoms with Gasteiger partial charge in [-0.1, -0.05) is 19.1 Å². The van der Waals surface area contributed by atoms with Crippen LogP contribution in [0.3, 0.4) is 0 Å². The lowest BCUT2D eigenvalue weighted by molar-refractivity contribution is 0.0539. The fourth-order valence-electron chi connectivity index (χ4n) is 2.40. The van der Waals surface area contributed by atoms with Gasteiger partial charge in [-0.3, -0.25) is 9.69 Å². The molecule has 1 saturated heterocycles. The van der Waals surface area contributed by atoms with Crippen LogP contribution >= 0.6 is 0 Å². The fraction of sp³-hybridized carbons (Fsp3) is 0.500. The number of para-hydroxylation sites is 1. The molecule has 0 saturated carbocycles. The average Bonchev–Trinajstić information content (AvgIpc) is 2.39. The predicted molar refractivity (Wildman–Crippen MR) is 70.7 cm³/mol. The van der Waals surface area contributed by atoms with Crippen LogP contribution in [0.1, 0.15) is 23.7 Å². The highest BCUT2D eigenvalue weighted by atomic mass is 16.3. The van der Waals surface area contributed by atoms with Crippen molar-refractivity contribution < 1.29 is 9.90 Å². The van der Waals surface area contributed by atoms with Crippen molar-refractivity contribution >= 4 is 5.91 Å².